The van der Waals surface area contributed by atoms with Gasteiger partial charge in [0, 0.05) is 5.02 Å². The zero-order valence-electron chi connectivity index (χ0n) is 11.7. The molecule has 0 aliphatic heterocycles. The van der Waals surface area contributed by atoms with Crippen molar-refractivity contribution in [3.8, 4) is 5.75 Å². The molecule has 1 aromatic carbocycles. The molecule has 1 aromatic heterocycles. The van der Waals surface area contributed by atoms with E-state index in [2.05, 4.69) is 27.7 Å². The van der Waals surface area contributed by atoms with Crippen molar-refractivity contribution in [3.63, 3.8) is 0 Å². The van der Waals surface area contributed by atoms with Crippen LogP contribution in [0.15, 0.2) is 24.4 Å². The van der Waals surface area contributed by atoms with Crippen LogP contribution in [0.25, 0.3) is 0 Å². The third-order valence-electron chi connectivity index (χ3n) is 3.10. The number of aromatic nitrogens is 3. The number of methoxy groups -OCH3 is 1. The molecule has 0 amide bonds. The van der Waals surface area contributed by atoms with E-state index in [4.69, 9.17) is 16.3 Å². The minimum Gasteiger partial charge on any atom is -0.496 e. The van der Waals surface area contributed by atoms with Crippen LogP contribution in [0.4, 0.5) is 0 Å². The van der Waals surface area contributed by atoms with E-state index in [9.17, 15) is 0 Å². The number of nitrogens with zero attached hydrogens (tertiary/aromatic N) is 2. The molecule has 0 aliphatic rings. The summed E-state index contributed by atoms with van der Waals surface area (Å²) >= 11 is 6.08. The summed E-state index contributed by atoms with van der Waals surface area (Å²) in [4.78, 5) is 0. The summed E-state index contributed by atoms with van der Waals surface area (Å²) in [6.07, 6.45) is 3.54. The number of halogens is 1. The van der Waals surface area contributed by atoms with Gasteiger partial charge in [-0.2, -0.15) is 15.4 Å². The predicted octanol–water partition coefficient (Wildman–Crippen LogP) is 2.75. The minimum atomic E-state index is 0.0843. The highest BCUT2D eigenvalue weighted by atomic mass is 35.5. The van der Waals surface area contributed by atoms with Gasteiger partial charge in [0.05, 0.1) is 25.0 Å². The van der Waals surface area contributed by atoms with Crippen molar-refractivity contribution in [1.29, 1.82) is 0 Å². The van der Waals surface area contributed by atoms with Gasteiger partial charge in [0.25, 0.3) is 0 Å². The van der Waals surface area contributed by atoms with Crippen LogP contribution in [0.5, 0.6) is 5.75 Å². The van der Waals surface area contributed by atoms with Gasteiger partial charge in [-0.15, -0.1) is 0 Å². The Morgan fingerprint density at radius 3 is 2.95 bits per heavy atom. The first kappa shape index (κ1) is 14.8. The van der Waals surface area contributed by atoms with Crippen LogP contribution in [0.3, 0.4) is 0 Å². The van der Waals surface area contributed by atoms with Gasteiger partial charge in [0.2, 0.25) is 0 Å². The molecule has 1 atom stereocenters. The Morgan fingerprint density at radius 1 is 1.45 bits per heavy atom. The summed E-state index contributed by atoms with van der Waals surface area (Å²) in [5, 5.41) is 14.9. The number of hydrogen-bond acceptors (Lipinski definition) is 4. The topological polar surface area (TPSA) is 62.8 Å². The van der Waals surface area contributed by atoms with Crippen LogP contribution < -0.4 is 10.1 Å². The van der Waals surface area contributed by atoms with Gasteiger partial charge < -0.3 is 10.1 Å². The molecule has 20 heavy (non-hydrogen) atoms. The van der Waals surface area contributed by atoms with Gasteiger partial charge in [-0.3, -0.25) is 0 Å². The van der Waals surface area contributed by atoms with Crippen LogP contribution in [-0.2, 0) is 6.42 Å². The Hall–Kier alpha value is -1.59. The molecule has 2 rings (SSSR count). The van der Waals surface area contributed by atoms with E-state index in [1.165, 1.54) is 0 Å². The number of nitrogens with one attached hydrogen (secondary N) is 2. The molecule has 0 bridgehead atoms. The number of benzene rings is 1. The number of rotatable bonds is 7. The van der Waals surface area contributed by atoms with E-state index >= 15 is 0 Å². The summed E-state index contributed by atoms with van der Waals surface area (Å²) < 4.78 is 5.39. The molecule has 0 aliphatic carbocycles. The Balaban J connectivity index is 2.21. The molecule has 2 N–H and O–H groups in total. The zero-order chi connectivity index (χ0) is 14.4. The molecule has 6 heteroatoms. The minimum absolute atomic E-state index is 0.0843. The number of hydrogen-bond donors (Lipinski definition) is 2. The van der Waals surface area contributed by atoms with E-state index in [1.54, 1.807) is 13.3 Å². The maximum atomic E-state index is 6.08. The van der Waals surface area contributed by atoms with E-state index in [-0.39, 0.29) is 6.04 Å². The highest BCUT2D eigenvalue weighted by Gasteiger charge is 2.16. The van der Waals surface area contributed by atoms with E-state index < -0.39 is 0 Å². The maximum absolute atomic E-state index is 6.08. The van der Waals surface area contributed by atoms with Crippen LogP contribution in [0, 0.1) is 0 Å². The molecule has 5 nitrogen and oxygen atoms in total. The maximum Gasteiger partial charge on any atom is 0.122 e. The van der Waals surface area contributed by atoms with Crippen LogP contribution in [-0.4, -0.2) is 29.1 Å². The second kappa shape index (κ2) is 7.26. The van der Waals surface area contributed by atoms with Crippen molar-refractivity contribution in [2.24, 2.45) is 0 Å². The molecule has 0 fully saturated rings. The highest BCUT2D eigenvalue weighted by molar-refractivity contribution is 6.30. The Morgan fingerprint density at radius 2 is 2.30 bits per heavy atom. The van der Waals surface area contributed by atoms with Gasteiger partial charge in [-0.05, 0) is 43.1 Å². The molecular weight excluding hydrogens is 276 g/mol. The van der Waals surface area contributed by atoms with Crippen molar-refractivity contribution < 1.29 is 4.74 Å². The van der Waals surface area contributed by atoms with Crippen molar-refractivity contribution in [2.75, 3.05) is 13.7 Å². The molecule has 0 radical (unpaired) electrons. The largest absolute Gasteiger partial charge is 0.496 e. The standard InChI is InChI=1S/C14H19ClN4O/c1-3-6-16-12(13-9-17-19-18-13)8-10-7-11(15)4-5-14(10)20-2/h4-5,7,9,12,16H,3,6,8H2,1-2H3,(H,17,18,19). The van der Waals surface area contributed by atoms with Gasteiger partial charge >= 0.3 is 0 Å². The summed E-state index contributed by atoms with van der Waals surface area (Å²) in [6.45, 7) is 3.05. The third kappa shape index (κ3) is 3.71. The number of H-pyrrole nitrogens is 1. The number of aromatic amines is 1. The fourth-order valence-electron chi connectivity index (χ4n) is 2.10. The normalized spacial score (nSPS) is 12.3. The van der Waals surface area contributed by atoms with Gasteiger partial charge in [0.1, 0.15) is 5.75 Å². The zero-order valence-corrected chi connectivity index (χ0v) is 12.4. The molecule has 0 saturated carbocycles. The first-order valence-electron chi connectivity index (χ1n) is 6.66. The second-order valence-corrected chi connectivity index (χ2v) is 5.00. The Labute approximate surface area is 123 Å². The van der Waals surface area contributed by atoms with E-state index in [1.807, 2.05) is 18.2 Å². The van der Waals surface area contributed by atoms with Crippen molar-refractivity contribution in [1.82, 2.24) is 20.7 Å². The lowest BCUT2D eigenvalue weighted by molar-refractivity contribution is 0.404. The lowest BCUT2D eigenvalue weighted by Gasteiger charge is -2.18. The molecule has 2 aromatic rings. The lowest BCUT2D eigenvalue weighted by Crippen LogP contribution is -2.24. The molecule has 1 unspecified atom stereocenters. The number of ether oxygens (including phenoxy) is 1. The molecule has 0 saturated heterocycles. The summed E-state index contributed by atoms with van der Waals surface area (Å²) in [7, 11) is 1.66. The fourth-order valence-corrected chi connectivity index (χ4v) is 2.30. The van der Waals surface area contributed by atoms with Crippen LogP contribution in [0.1, 0.15) is 30.6 Å². The summed E-state index contributed by atoms with van der Waals surface area (Å²) in [5.41, 5.74) is 1.94. The van der Waals surface area contributed by atoms with E-state index in [0.717, 1.165) is 36.4 Å². The Kier molecular flexibility index (Phi) is 5.38. The van der Waals surface area contributed by atoms with Crippen molar-refractivity contribution in [3.05, 3.63) is 40.7 Å². The lowest BCUT2D eigenvalue weighted by atomic mass is 10.0. The summed E-state index contributed by atoms with van der Waals surface area (Å²) in [5.74, 6) is 0.834. The quantitative estimate of drug-likeness (QED) is 0.824. The van der Waals surface area contributed by atoms with Gasteiger partial charge in [0.15, 0.2) is 0 Å². The van der Waals surface area contributed by atoms with Crippen LogP contribution in [0.2, 0.25) is 5.02 Å². The van der Waals surface area contributed by atoms with Crippen molar-refractivity contribution in [2.45, 2.75) is 25.8 Å². The first-order valence-corrected chi connectivity index (χ1v) is 7.03. The third-order valence-corrected chi connectivity index (χ3v) is 3.33. The molecular formula is C14H19ClN4O. The second-order valence-electron chi connectivity index (χ2n) is 4.56. The van der Waals surface area contributed by atoms with Crippen molar-refractivity contribution >= 4 is 11.6 Å². The predicted molar refractivity (Wildman–Crippen MR) is 79.1 cm³/mol. The van der Waals surface area contributed by atoms with E-state index in [0.29, 0.717) is 5.02 Å². The van der Waals surface area contributed by atoms with Gasteiger partial charge in [-0.1, -0.05) is 18.5 Å². The first-order chi connectivity index (χ1) is 9.74. The average molecular weight is 295 g/mol. The monoisotopic (exact) mass is 294 g/mol. The molecule has 1 heterocycles. The average Bonchev–Trinajstić information content (AvgIpc) is 2.97. The SMILES string of the molecule is CCCNC(Cc1cc(Cl)ccc1OC)c1cn[nH]n1. The van der Waals surface area contributed by atoms with Gasteiger partial charge in [-0.25, -0.2) is 0 Å². The van der Waals surface area contributed by atoms with Crippen LogP contribution >= 0.6 is 11.6 Å². The Bertz CT molecular complexity index is 530. The molecule has 0 spiro atoms. The highest BCUT2D eigenvalue weighted by Crippen LogP contribution is 2.27. The summed E-state index contributed by atoms with van der Waals surface area (Å²) in [6, 6.07) is 5.73. The fraction of sp³-hybridized carbons (Fsp3) is 0.429. The smallest absolute Gasteiger partial charge is 0.122 e. The molecule has 108 valence electrons.